The molecule has 1 aromatic rings. The molecule has 0 saturated carbocycles. The highest BCUT2D eigenvalue weighted by atomic mass is 16.5. The van der Waals surface area contributed by atoms with Crippen molar-refractivity contribution in [1.82, 2.24) is 5.32 Å². The normalized spacial score (nSPS) is 33.0. The van der Waals surface area contributed by atoms with Crippen molar-refractivity contribution >= 4 is 0 Å². The van der Waals surface area contributed by atoms with Gasteiger partial charge in [-0.15, -0.1) is 0 Å². The van der Waals surface area contributed by atoms with Gasteiger partial charge in [0.05, 0.1) is 12.7 Å². The van der Waals surface area contributed by atoms with E-state index in [1.54, 1.807) is 7.11 Å². The molecule has 1 fully saturated rings. The average Bonchev–Trinajstić information content (AvgIpc) is 2.47. The molecule has 0 aromatic heterocycles. The third-order valence-electron chi connectivity index (χ3n) is 4.93. The third-order valence-corrected chi connectivity index (χ3v) is 4.93. The first-order valence-corrected chi connectivity index (χ1v) is 7.69. The summed E-state index contributed by atoms with van der Waals surface area (Å²) in [4.78, 5) is 0. The molecule has 110 valence electrons. The molecule has 1 aliphatic carbocycles. The van der Waals surface area contributed by atoms with Crippen molar-refractivity contribution in [3.05, 3.63) is 29.3 Å². The molecule has 3 heteroatoms. The molecule has 1 N–H and O–H groups in total. The summed E-state index contributed by atoms with van der Waals surface area (Å²) in [5, 5.41) is 3.60. The van der Waals surface area contributed by atoms with Gasteiger partial charge in [0.15, 0.2) is 0 Å². The van der Waals surface area contributed by atoms with Crippen LogP contribution in [0.3, 0.4) is 0 Å². The highest BCUT2D eigenvalue weighted by molar-refractivity contribution is 5.41. The van der Waals surface area contributed by atoms with Crippen LogP contribution in [0.15, 0.2) is 18.2 Å². The van der Waals surface area contributed by atoms with Crippen LogP contribution in [0, 0.1) is 0 Å². The minimum atomic E-state index is -0.150. The molecular weight excluding hydrogens is 250 g/mol. The summed E-state index contributed by atoms with van der Waals surface area (Å²) < 4.78 is 12.0. The van der Waals surface area contributed by atoms with Gasteiger partial charge in [0.2, 0.25) is 0 Å². The average molecular weight is 275 g/mol. The van der Waals surface area contributed by atoms with Crippen molar-refractivity contribution in [2.45, 2.75) is 50.7 Å². The number of aryl methyl sites for hydroxylation is 1. The minimum absolute atomic E-state index is 0.0627. The molecular formula is C17H25NO2. The van der Waals surface area contributed by atoms with E-state index >= 15 is 0 Å². The lowest BCUT2D eigenvalue weighted by atomic mass is 9.77. The van der Waals surface area contributed by atoms with E-state index in [1.807, 2.05) is 0 Å². The smallest absolute Gasteiger partial charge is 0.119 e. The molecule has 0 bridgehead atoms. The van der Waals surface area contributed by atoms with Gasteiger partial charge in [0.25, 0.3) is 0 Å². The first kappa shape index (κ1) is 13.9. The number of benzene rings is 1. The second-order valence-electron chi connectivity index (χ2n) is 6.38. The van der Waals surface area contributed by atoms with Gasteiger partial charge in [-0.2, -0.15) is 0 Å². The predicted molar refractivity (Wildman–Crippen MR) is 80.3 cm³/mol. The molecule has 3 nitrogen and oxygen atoms in total. The van der Waals surface area contributed by atoms with Gasteiger partial charge in [-0.1, -0.05) is 13.0 Å². The Bertz CT molecular complexity index is 502. The summed E-state index contributed by atoms with van der Waals surface area (Å²) in [6.07, 6.45) is 4.45. The van der Waals surface area contributed by atoms with Crippen LogP contribution >= 0.6 is 0 Å². The molecule has 0 amide bonds. The molecule has 3 rings (SSSR count). The Kier molecular flexibility index (Phi) is 3.51. The predicted octanol–water partition coefficient (Wildman–Crippen LogP) is 3.02. The van der Waals surface area contributed by atoms with Gasteiger partial charge in [0.1, 0.15) is 11.4 Å². The fourth-order valence-electron chi connectivity index (χ4n) is 3.61. The van der Waals surface area contributed by atoms with Gasteiger partial charge in [-0.25, -0.2) is 0 Å². The second kappa shape index (κ2) is 5.05. The summed E-state index contributed by atoms with van der Waals surface area (Å²) >= 11 is 0. The van der Waals surface area contributed by atoms with Crippen molar-refractivity contribution in [3.63, 3.8) is 0 Å². The maximum absolute atomic E-state index is 6.65. The zero-order chi connectivity index (χ0) is 14.2. The van der Waals surface area contributed by atoms with Crippen LogP contribution in [0.4, 0.5) is 0 Å². The Morgan fingerprint density at radius 1 is 1.35 bits per heavy atom. The van der Waals surface area contributed by atoms with E-state index in [9.17, 15) is 0 Å². The van der Waals surface area contributed by atoms with E-state index in [2.05, 4.69) is 37.4 Å². The van der Waals surface area contributed by atoms with Crippen LogP contribution in [-0.2, 0) is 16.8 Å². The Balaban J connectivity index is 2.00. The zero-order valence-corrected chi connectivity index (χ0v) is 12.8. The van der Waals surface area contributed by atoms with Crippen LogP contribution in [0.2, 0.25) is 0 Å². The van der Waals surface area contributed by atoms with Crippen molar-refractivity contribution < 1.29 is 9.47 Å². The molecule has 1 spiro atoms. The molecule has 1 aromatic carbocycles. The molecule has 2 unspecified atom stereocenters. The first-order valence-electron chi connectivity index (χ1n) is 7.69. The molecule has 1 aliphatic heterocycles. The van der Waals surface area contributed by atoms with E-state index in [4.69, 9.17) is 9.47 Å². The van der Waals surface area contributed by atoms with Crippen molar-refractivity contribution in [1.29, 1.82) is 0 Å². The number of hydrogen-bond donors (Lipinski definition) is 1. The summed E-state index contributed by atoms with van der Waals surface area (Å²) in [6, 6.07) is 6.45. The van der Waals surface area contributed by atoms with E-state index < -0.39 is 0 Å². The molecule has 2 atom stereocenters. The Morgan fingerprint density at radius 2 is 2.20 bits per heavy atom. The highest BCUT2D eigenvalue weighted by Crippen LogP contribution is 2.44. The summed E-state index contributed by atoms with van der Waals surface area (Å²) in [5.74, 6) is 0.947. The second-order valence-corrected chi connectivity index (χ2v) is 6.38. The maximum atomic E-state index is 6.65. The molecule has 0 radical (unpaired) electrons. The van der Waals surface area contributed by atoms with Crippen molar-refractivity contribution in [2.24, 2.45) is 0 Å². The van der Waals surface area contributed by atoms with Crippen molar-refractivity contribution in [2.75, 3.05) is 20.2 Å². The largest absolute Gasteiger partial charge is 0.497 e. The molecule has 1 saturated heterocycles. The van der Waals surface area contributed by atoms with E-state index in [-0.39, 0.29) is 11.2 Å². The zero-order valence-electron chi connectivity index (χ0n) is 12.8. The summed E-state index contributed by atoms with van der Waals surface area (Å²) in [5.41, 5.74) is 2.53. The number of methoxy groups -OCH3 is 1. The van der Waals surface area contributed by atoms with E-state index in [0.717, 1.165) is 38.1 Å². The van der Waals surface area contributed by atoms with Crippen LogP contribution < -0.4 is 10.1 Å². The van der Waals surface area contributed by atoms with Crippen LogP contribution in [0.1, 0.15) is 44.2 Å². The standard InChI is InChI=1S/C17H25NO2/c1-4-16(2)11-18-12-17(20-16)9-5-6-13-10-14(19-3)7-8-15(13)17/h7-8,10,18H,4-6,9,11-12H2,1-3H3. The third kappa shape index (κ3) is 2.23. The lowest BCUT2D eigenvalue weighted by Gasteiger charge is -2.49. The first-order chi connectivity index (χ1) is 9.61. The fourth-order valence-corrected chi connectivity index (χ4v) is 3.61. The van der Waals surface area contributed by atoms with E-state index in [0.29, 0.717) is 0 Å². The van der Waals surface area contributed by atoms with Crippen LogP contribution in [0.5, 0.6) is 5.75 Å². The SMILES string of the molecule is CCC1(C)CNCC2(CCCc3cc(OC)ccc32)O1. The van der Waals surface area contributed by atoms with Gasteiger partial charge in [0, 0.05) is 13.1 Å². The van der Waals surface area contributed by atoms with E-state index in [1.165, 1.54) is 17.5 Å². The van der Waals surface area contributed by atoms with Gasteiger partial charge < -0.3 is 14.8 Å². The van der Waals surface area contributed by atoms with Gasteiger partial charge in [-0.3, -0.25) is 0 Å². The molecule has 1 heterocycles. The maximum Gasteiger partial charge on any atom is 0.119 e. The number of fused-ring (bicyclic) bond motifs is 2. The van der Waals surface area contributed by atoms with Crippen molar-refractivity contribution in [3.8, 4) is 5.75 Å². The van der Waals surface area contributed by atoms with Gasteiger partial charge in [-0.05, 0) is 55.9 Å². The number of ether oxygens (including phenoxy) is 2. The number of morpholine rings is 1. The lowest BCUT2D eigenvalue weighted by molar-refractivity contribution is -0.183. The monoisotopic (exact) mass is 275 g/mol. The Morgan fingerprint density at radius 3 is 2.95 bits per heavy atom. The fraction of sp³-hybridized carbons (Fsp3) is 0.647. The molecule has 20 heavy (non-hydrogen) atoms. The topological polar surface area (TPSA) is 30.5 Å². The quantitative estimate of drug-likeness (QED) is 0.900. The highest BCUT2D eigenvalue weighted by Gasteiger charge is 2.45. The van der Waals surface area contributed by atoms with Gasteiger partial charge >= 0.3 is 0 Å². The lowest BCUT2D eigenvalue weighted by Crippen LogP contribution is -2.58. The summed E-state index contributed by atoms with van der Waals surface area (Å²) in [6.45, 7) is 6.29. The Labute approximate surface area is 121 Å². The minimum Gasteiger partial charge on any atom is -0.497 e. The molecule has 2 aliphatic rings. The number of hydrogen-bond acceptors (Lipinski definition) is 3. The number of nitrogens with one attached hydrogen (secondary N) is 1. The number of rotatable bonds is 2. The summed E-state index contributed by atoms with van der Waals surface area (Å²) in [7, 11) is 1.73. The van der Waals surface area contributed by atoms with Crippen LogP contribution in [0.25, 0.3) is 0 Å². The van der Waals surface area contributed by atoms with Crippen LogP contribution in [-0.4, -0.2) is 25.8 Å². The Hall–Kier alpha value is -1.06.